The molecule has 94 valence electrons. The van der Waals surface area contributed by atoms with Gasteiger partial charge in [-0.25, -0.2) is 0 Å². The molecule has 0 atom stereocenters. The number of carboxylic acids is 1. The number of carbonyl (C=O) groups is 2. The summed E-state index contributed by atoms with van der Waals surface area (Å²) >= 11 is 7.23. The van der Waals surface area contributed by atoms with Gasteiger partial charge in [0.25, 0.3) is 0 Å². The summed E-state index contributed by atoms with van der Waals surface area (Å²) in [6.07, 6.45) is 0.677. The summed E-state index contributed by atoms with van der Waals surface area (Å²) in [5.41, 5.74) is 0. The second kappa shape index (κ2) is 6.61. The van der Waals surface area contributed by atoms with E-state index in [0.717, 1.165) is 4.88 Å². The van der Waals surface area contributed by atoms with E-state index in [1.165, 1.54) is 11.3 Å². The zero-order valence-electron chi connectivity index (χ0n) is 9.48. The highest BCUT2D eigenvalue weighted by molar-refractivity contribution is 7.16. The standard InChI is InChI=1S/C11H14ClNO3S/c1-13(7-8-5-6-9(12)17-8)10(14)3-2-4-11(15)16/h5-6H,2-4,7H2,1H3,(H,15,16). The van der Waals surface area contributed by atoms with Crippen LogP contribution in [0.5, 0.6) is 0 Å². The van der Waals surface area contributed by atoms with Crippen molar-refractivity contribution in [3.8, 4) is 0 Å². The summed E-state index contributed by atoms with van der Waals surface area (Å²) in [7, 11) is 1.71. The molecular formula is C11H14ClNO3S. The van der Waals surface area contributed by atoms with Crippen LogP contribution in [0.3, 0.4) is 0 Å². The maximum Gasteiger partial charge on any atom is 0.303 e. The number of hydrogen-bond donors (Lipinski definition) is 1. The fourth-order valence-electron chi connectivity index (χ4n) is 1.34. The number of amides is 1. The first-order chi connectivity index (χ1) is 7.99. The van der Waals surface area contributed by atoms with Crippen molar-refractivity contribution in [1.82, 2.24) is 4.90 Å². The van der Waals surface area contributed by atoms with E-state index in [2.05, 4.69) is 0 Å². The zero-order chi connectivity index (χ0) is 12.8. The van der Waals surface area contributed by atoms with Crippen molar-refractivity contribution in [2.24, 2.45) is 0 Å². The molecular weight excluding hydrogens is 262 g/mol. The Labute approximate surface area is 109 Å². The van der Waals surface area contributed by atoms with Gasteiger partial charge in [0.15, 0.2) is 0 Å². The summed E-state index contributed by atoms with van der Waals surface area (Å²) in [6, 6.07) is 3.68. The lowest BCUT2D eigenvalue weighted by molar-refractivity contribution is -0.137. The van der Waals surface area contributed by atoms with Crippen LogP contribution in [-0.4, -0.2) is 28.9 Å². The number of hydrogen-bond acceptors (Lipinski definition) is 3. The van der Waals surface area contributed by atoms with Crippen molar-refractivity contribution in [1.29, 1.82) is 0 Å². The minimum Gasteiger partial charge on any atom is -0.481 e. The van der Waals surface area contributed by atoms with Gasteiger partial charge in [0.2, 0.25) is 5.91 Å². The molecule has 0 saturated carbocycles. The van der Waals surface area contributed by atoms with Crippen LogP contribution < -0.4 is 0 Å². The van der Waals surface area contributed by atoms with Crippen LogP contribution in [0.25, 0.3) is 0 Å². The number of aliphatic carboxylic acids is 1. The van der Waals surface area contributed by atoms with Crippen molar-refractivity contribution in [2.45, 2.75) is 25.8 Å². The van der Waals surface area contributed by atoms with Gasteiger partial charge in [0.1, 0.15) is 0 Å². The predicted molar refractivity (Wildman–Crippen MR) is 67.3 cm³/mol. The first-order valence-corrected chi connectivity index (χ1v) is 6.38. The van der Waals surface area contributed by atoms with Gasteiger partial charge in [0, 0.05) is 24.8 Å². The van der Waals surface area contributed by atoms with Crippen LogP contribution in [-0.2, 0) is 16.1 Å². The molecule has 6 heteroatoms. The maximum absolute atomic E-state index is 11.6. The molecule has 1 heterocycles. The second-order valence-electron chi connectivity index (χ2n) is 3.70. The number of carbonyl (C=O) groups excluding carboxylic acids is 1. The van der Waals surface area contributed by atoms with E-state index < -0.39 is 5.97 Å². The summed E-state index contributed by atoms with van der Waals surface area (Å²) in [4.78, 5) is 24.6. The third-order valence-corrected chi connectivity index (χ3v) is 3.44. The van der Waals surface area contributed by atoms with Gasteiger partial charge < -0.3 is 10.0 Å². The van der Waals surface area contributed by atoms with E-state index in [1.807, 2.05) is 6.07 Å². The molecule has 0 fully saturated rings. The summed E-state index contributed by atoms with van der Waals surface area (Å²) in [5, 5.41) is 8.47. The Morgan fingerprint density at radius 3 is 2.65 bits per heavy atom. The first kappa shape index (κ1) is 14.0. The van der Waals surface area contributed by atoms with Crippen molar-refractivity contribution in [3.63, 3.8) is 0 Å². The maximum atomic E-state index is 11.6. The fraction of sp³-hybridized carbons (Fsp3) is 0.455. The number of halogens is 1. The molecule has 0 aliphatic rings. The third-order valence-electron chi connectivity index (χ3n) is 2.23. The Balaban J connectivity index is 2.34. The summed E-state index contributed by atoms with van der Waals surface area (Å²) in [6.45, 7) is 0.517. The molecule has 1 N–H and O–H groups in total. The van der Waals surface area contributed by atoms with E-state index in [1.54, 1.807) is 18.0 Å². The summed E-state index contributed by atoms with van der Waals surface area (Å²) < 4.78 is 0.701. The lowest BCUT2D eigenvalue weighted by Crippen LogP contribution is -2.25. The predicted octanol–water partition coefficient (Wildman–Crippen LogP) is 2.61. The van der Waals surface area contributed by atoms with E-state index in [0.29, 0.717) is 17.3 Å². The number of carboxylic acid groups (broad SMARTS) is 1. The quantitative estimate of drug-likeness (QED) is 0.868. The van der Waals surface area contributed by atoms with Gasteiger partial charge in [0.05, 0.1) is 10.9 Å². The highest BCUT2D eigenvalue weighted by Gasteiger charge is 2.11. The molecule has 0 radical (unpaired) electrons. The summed E-state index contributed by atoms with van der Waals surface area (Å²) in [5.74, 6) is -0.915. The molecule has 0 spiro atoms. The SMILES string of the molecule is CN(Cc1ccc(Cl)s1)C(=O)CCCC(=O)O. The lowest BCUT2D eigenvalue weighted by Gasteiger charge is -2.15. The Morgan fingerprint density at radius 1 is 1.41 bits per heavy atom. The lowest BCUT2D eigenvalue weighted by atomic mass is 10.2. The molecule has 0 unspecified atom stereocenters. The van der Waals surface area contributed by atoms with E-state index in [4.69, 9.17) is 16.7 Å². The molecule has 1 aromatic heterocycles. The van der Waals surface area contributed by atoms with Crippen molar-refractivity contribution in [2.75, 3.05) is 7.05 Å². The molecule has 4 nitrogen and oxygen atoms in total. The van der Waals surface area contributed by atoms with Crippen LogP contribution in [0.4, 0.5) is 0 Å². The monoisotopic (exact) mass is 275 g/mol. The average Bonchev–Trinajstić information content (AvgIpc) is 2.63. The molecule has 1 rings (SSSR count). The van der Waals surface area contributed by atoms with E-state index in [-0.39, 0.29) is 18.7 Å². The van der Waals surface area contributed by atoms with Gasteiger partial charge in [-0.3, -0.25) is 9.59 Å². The van der Waals surface area contributed by atoms with Gasteiger partial charge in [-0.15, -0.1) is 11.3 Å². The second-order valence-corrected chi connectivity index (χ2v) is 5.50. The van der Waals surface area contributed by atoms with Crippen LogP contribution in [0.15, 0.2) is 12.1 Å². The normalized spacial score (nSPS) is 10.2. The molecule has 0 aliphatic carbocycles. The third kappa shape index (κ3) is 5.19. The Morgan fingerprint density at radius 2 is 2.12 bits per heavy atom. The Hall–Kier alpha value is -1.07. The van der Waals surface area contributed by atoms with Gasteiger partial charge in [-0.2, -0.15) is 0 Å². The molecule has 0 saturated heterocycles. The highest BCUT2D eigenvalue weighted by atomic mass is 35.5. The van der Waals surface area contributed by atoms with Crippen LogP contribution >= 0.6 is 22.9 Å². The topological polar surface area (TPSA) is 57.6 Å². The van der Waals surface area contributed by atoms with Gasteiger partial charge in [-0.05, 0) is 18.6 Å². The molecule has 17 heavy (non-hydrogen) atoms. The molecule has 1 amide bonds. The molecule has 0 aromatic carbocycles. The fourth-order valence-corrected chi connectivity index (χ4v) is 2.48. The Bertz CT molecular complexity index is 405. The molecule has 0 bridgehead atoms. The Kier molecular flexibility index (Phi) is 5.44. The van der Waals surface area contributed by atoms with Crippen LogP contribution in [0.2, 0.25) is 4.34 Å². The van der Waals surface area contributed by atoms with E-state index >= 15 is 0 Å². The van der Waals surface area contributed by atoms with E-state index in [9.17, 15) is 9.59 Å². The van der Waals surface area contributed by atoms with Crippen LogP contribution in [0, 0.1) is 0 Å². The van der Waals surface area contributed by atoms with Gasteiger partial charge >= 0.3 is 5.97 Å². The number of rotatable bonds is 6. The van der Waals surface area contributed by atoms with Crippen molar-refractivity contribution in [3.05, 3.63) is 21.3 Å². The minimum absolute atomic E-state index is 0.0322. The number of thiophene rings is 1. The largest absolute Gasteiger partial charge is 0.481 e. The molecule has 1 aromatic rings. The minimum atomic E-state index is -0.870. The van der Waals surface area contributed by atoms with Gasteiger partial charge in [-0.1, -0.05) is 11.6 Å². The smallest absolute Gasteiger partial charge is 0.303 e. The van der Waals surface area contributed by atoms with Crippen LogP contribution in [0.1, 0.15) is 24.1 Å². The highest BCUT2D eigenvalue weighted by Crippen LogP contribution is 2.22. The number of nitrogens with zero attached hydrogens (tertiary/aromatic N) is 1. The average molecular weight is 276 g/mol. The van der Waals surface area contributed by atoms with Crippen molar-refractivity contribution < 1.29 is 14.7 Å². The molecule has 0 aliphatic heterocycles. The zero-order valence-corrected chi connectivity index (χ0v) is 11.1. The first-order valence-electron chi connectivity index (χ1n) is 5.19. The van der Waals surface area contributed by atoms with Crippen molar-refractivity contribution >= 4 is 34.8 Å².